The second kappa shape index (κ2) is 8.33. The molecule has 8 heteroatoms. The lowest BCUT2D eigenvalue weighted by Crippen LogP contribution is -2.39. The van der Waals surface area contributed by atoms with Gasteiger partial charge in [-0.3, -0.25) is 4.90 Å². The van der Waals surface area contributed by atoms with Crippen molar-refractivity contribution in [2.75, 3.05) is 25.0 Å². The zero-order valence-corrected chi connectivity index (χ0v) is 15.5. The number of hydrogen-bond acceptors (Lipinski definition) is 5. The van der Waals surface area contributed by atoms with Crippen molar-refractivity contribution in [3.63, 3.8) is 0 Å². The molecular weight excluding hydrogens is 374 g/mol. The van der Waals surface area contributed by atoms with Crippen LogP contribution in [0, 0.1) is 0 Å². The highest BCUT2D eigenvalue weighted by Crippen LogP contribution is 2.26. The fourth-order valence-electron chi connectivity index (χ4n) is 3.26. The van der Waals surface area contributed by atoms with E-state index in [2.05, 4.69) is 22.3 Å². The van der Waals surface area contributed by atoms with Crippen molar-refractivity contribution in [1.82, 2.24) is 4.90 Å². The Balaban J connectivity index is 1.60. The summed E-state index contributed by atoms with van der Waals surface area (Å²) < 4.78 is 49.2. The average Bonchev–Trinajstić information content (AvgIpc) is 2.66. The quantitative estimate of drug-likeness (QED) is 0.753. The third-order valence-electron chi connectivity index (χ3n) is 4.63. The van der Waals surface area contributed by atoms with E-state index in [1.807, 2.05) is 12.1 Å². The number of nitrogens with one attached hydrogen (secondary N) is 1. The molecule has 2 N–H and O–H groups in total. The molecule has 0 bridgehead atoms. The SMILES string of the molecule is O=S(=O)(c1ccccc1NCC(O)CN1CCc2ccccc2C1)C(F)F. The van der Waals surface area contributed by atoms with Crippen molar-refractivity contribution in [1.29, 1.82) is 0 Å². The van der Waals surface area contributed by atoms with E-state index in [4.69, 9.17) is 0 Å². The highest BCUT2D eigenvalue weighted by atomic mass is 32.2. The Morgan fingerprint density at radius 3 is 2.48 bits per heavy atom. The largest absolute Gasteiger partial charge is 0.390 e. The van der Waals surface area contributed by atoms with E-state index < -0.39 is 26.6 Å². The fraction of sp³-hybridized carbons (Fsp3) is 0.368. The second-order valence-electron chi connectivity index (χ2n) is 6.59. The van der Waals surface area contributed by atoms with E-state index in [-0.39, 0.29) is 12.2 Å². The zero-order chi connectivity index (χ0) is 19.4. The first-order valence-electron chi connectivity index (χ1n) is 8.70. The van der Waals surface area contributed by atoms with Gasteiger partial charge in [0.2, 0.25) is 9.84 Å². The van der Waals surface area contributed by atoms with Gasteiger partial charge in [0.05, 0.1) is 16.7 Å². The van der Waals surface area contributed by atoms with E-state index in [9.17, 15) is 22.3 Å². The van der Waals surface area contributed by atoms with Crippen molar-refractivity contribution in [2.24, 2.45) is 0 Å². The van der Waals surface area contributed by atoms with Crippen LogP contribution in [0.15, 0.2) is 53.4 Å². The molecule has 1 unspecified atom stereocenters. The van der Waals surface area contributed by atoms with Gasteiger partial charge >= 0.3 is 5.76 Å². The minimum absolute atomic E-state index is 0.0634. The maximum Gasteiger partial charge on any atom is 0.341 e. The number of para-hydroxylation sites is 1. The van der Waals surface area contributed by atoms with E-state index in [0.717, 1.165) is 25.6 Å². The van der Waals surface area contributed by atoms with Crippen LogP contribution in [-0.4, -0.2) is 49.9 Å². The molecule has 5 nitrogen and oxygen atoms in total. The molecule has 1 aliphatic heterocycles. The van der Waals surface area contributed by atoms with Crippen molar-refractivity contribution in [3.8, 4) is 0 Å². The van der Waals surface area contributed by atoms with Crippen LogP contribution in [0.3, 0.4) is 0 Å². The standard InChI is InChI=1S/C19H22F2N2O3S/c20-19(21)27(25,26)18-8-4-3-7-17(18)22-11-16(24)13-23-10-9-14-5-1-2-6-15(14)12-23/h1-8,16,19,22,24H,9-13H2. The van der Waals surface area contributed by atoms with Gasteiger partial charge < -0.3 is 10.4 Å². The maximum atomic E-state index is 12.8. The van der Waals surface area contributed by atoms with Crippen LogP contribution in [-0.2, 0) is 22.8 Å². The van der Waals surface area contributed by atoms with E-state index in [1.165, 1.54) is 23.3 Å². The maximum absolute atomic E-state index is 12.8. The molecular formula is C19H22F2N2O3S. The molecule has 0 aliphatic carbocycles. The van der Waals surface area contributed by atoms with Gasteiger partial charge in [-0.25, -0.2) is 8.42 Å². The van der Waals surface area contributed by atoms with Crippen LogP contribution < -0.4 is 5.32 Å². The molecule has 0 saturated heterocycles. The van der Waals surface area contributed by atoms with Crippen molar-refractivity contribution < 1.29 is 22.3 Å². The summed E-state index contributed by atoms with van der Waals surface area (Å²) in [6.45, 7) is 2.03. The van der Waals surface area contributed by atoms with Crippen molar-refractivity contribution >= 4 is 15.5 Å². The number of benzene rings is 2. The molecule has 2 aromatic rings. The highest BCUT2D eigenvalue weighted by Gasteiger charge is 2.29. The summed E-state index contributed by atoms with van der Waals surface area (Å²) in [6.07, 6.45) is 0.142. The first kappa shape index (κ1) is 19.7. The van der Waals surface area contributed by atoms with Gasteiger partial charge in [-0.1, -0.05) is 36.4 Å². The Morgan fingerprint density at radius 2 is 1.74 bits per heavy atom. The van der Waals surface area contributed by atoms with Gasteiger partial charge in [-0.05, 0) is 29.7 Å². The highest BCUT2D eigenvalue weighted by molar-refractivity contribution is 7.91. The number of anilines is 1. The van der Waals surface area contributed by atoms with Gasteiger partial charge in [0.1, 0.15) is 0 Å². The van der Waals surface area contributed by atoms with Gasteiger partial charge in [-0.2, -0.15) is 8.78 Å². The molecule has 1 atom stereocenters. The number of halogens is 2. The van der Waals surface area contributed by atoms with E-state index >= 15 is 0 Å². The summed E-state index contributed by atoms with van der Waals surface area (Å²) in [7, 11) is -4.70. The number of nitrogens with zero attached hydrogens (tertiary/aromatic N) is 1. The van der Waals surface area contributed by atoms with Crippen molar-refractivity contribution in [2.45, 2.75) is 29.7 Å². The average molecular weight is 396 g/mol. The monoisotopic (exact) mass is 396 g/mol. The molecule has 2 aromatic carbocycles. The lowest BCUT2D eigenvalue weighted by Gasteiger charge is -2.30. The molecule has 0 spiro atoms. The Kier molecular flexibility index (Phi) is 6.08. The molecule has 146 valence electrons. The van der Waals surface area contributed by atoms with E-state index in [0.29, 0.717) is 6.54 Å². The lowest BCUT2D eigenvalue weighted by molar-refractivity contribution is 0.114. The number of β-amino-alcohol motifs (C(OH)–C–C–N with tert-alkyl or cyclic N) is 1. The fourth-order valence-corrected chi connectivity index (χ4v) is 4.16. The molecule has 0 fully saturated rings. The Hall–Kier alpha value is -2.03. The van der Waals surface area contributed by atoms with Gasteiger partial charge in [-0.15, -0.1) is 0 Å². The third-order valence-corrected chi connectivity index (χ3v) is 6.07. The lowest BCUT2D eigenvalue weighted by atomic mass is 10.00. The van der Waals surface area contributed by atoms with Crippen LogP contribution >= 0.6 is 0 Å². The van der Waals surface area contributed by atoms with E-state index in [1.54, 1.807) is 6.07 Å². The molecule has 0 radical (unpaired) electrons. The molecule has 0 amide bonds. The number of alkyl halides is 2. The summed E-state index contributed by atoms with van der Waals surface area (Å²) in [5, 5.41) is 13.1. The predicted molar refractivity (Wildman–Crippen MR) is 99.6 cm³/mol. The summed E-state index contributed by atoms with van der Waals surface area (Å²) >= 11 is 0. The third kappa shape index (κ3) is 4.63. The van der Waals surface area contributed by atoms with Gasteiger partial charge in [0, 0.05) is 26.2 Å². The molecule has 27 heavy (non-hydrogen) atoms. The van der Waals surface area contributed by atoms with Gasteiger partial charge in [0.15, 0.2) is 0 Å². The Morgan fingerprint density at radius 1 is 1.07 bits per heavy atom. The number of sulfone groups is 1. The smallest absolute Gasteiger partial charge is 0.341 e. The molecule has 1 aliphatic rings. The van der Waals surface area contributed by atoms with Crippen LogP contribution in [0.5, 0.6) is 0 Å². The second-order valence-corrected chi connectivity index (χ2v) is 8.48. The van der Waals surface area contributed by atoms with Gasteiger partial charge in [0.25, 0.3) is 0 Å². The Labute approximate surface area is 157 Å². The first-order valence-corrected chi connectivity index (χ1v) is 10.2. The minimum atomic E-state index is -4.70. The van der Waals surface area contributed by atoms with Crippen LogP contribution in [0.4, 0.5) is 14.5 Å². The summed E-state index contributed by atoms with van der Waals surface area (Å²) in [6, 6.07) is 13.7. The molecule has 1 heterocycles. The van der Waals surface area contributed by atoms with Crippen LogP contribution in [0.1, 0.15) is 11.1 Å². The minimum Gasteiger partial charge on any atom is -0.390 e. The summed E-state index contributed by atoms with van der Waals surface area (Å²) in [5.74, 6) is -3.49. The number of aliphatic hydroxyl groups excluding tert-OH is 1. The molecule has 3 rings (SSSR count). The number of fused-ring (bicyclic) bond motifs is 1. The topological polar surface area (TPSA) is 69.6 Å². The number of hydrogen-bond donors (Lipinski definition) is 2. The summed E-state index contributed by atoms with van der Waals surface area (Å²) in [5.41, 5.74) is 2.62. The summed E-state index contributed by atoms with van der Waals surface area (Å²) in [4.78, 5) is 1.66. The normalized spacial score (nSPS) is 16.1. The predicted octanol–water partition coefficient (Wildman–Crippen LogP) is 2.51. The van der Waals surface area contributed by atoms with Crippen LogP contribution in [0.25, 0.3) is 0 Å². The Bertz CT molecular complexity index is 890. The zero-order valence-electron chi connectivity index (χ0n) is 14.7. The van der Waals surface area contributed by atoms with Crippen LogP contribution in [0.2, 0.25) is 0 Å². The first-order chi connectivity index (χ1) is 12.9. The van der Waals surface area contributed by atoms with Crippen molar-refractivity contribution in [3.05, 3.63) is 59.7 Å². The number of aliphatic hydroxyl groups is 1. The number of rotatable bonds is 7. The molecule has 0 aromatic heterocycles. The molecule has 0 saturated carbocycles.